The summed E-state index contributed by atoms with van der Waals surface area (Å²) in [5, 5.41) is 0.0598. The lowest BCUT2D eigenvalue weighted by Crippen LogP contribution is -2.32. The van der Waals surface area contributed by atoms with Gasteiger partial charge >= 0.3 is 0 Å². The first-order valence-corrected chi connectivity index (χ1v) is 7.81. The van der Waals surface area contributed by atoms with Crippen LogP contribution in [0.3, 0.4) is 0 Å². The average molecular weight is 337 g/mol. The molecular formula is C12H18BrFN2OS. The minimum Gasteiger partial charge on any atom is -0.323 e. The fourth-order valence-electron chi connectivity index (χ4n) is 1.38. The van der Waals surface area contributed by atoms with E-state index in [2.05, 4.69) is 20.7 Å². The van der Waals surface area contributed by atoms with Gasteiger partial charge in [-0.3, -0.25) is 0 Å². The van der Waals surface area contributed by atoms with Gasteiger partial charge in [-0.25, -0.2) is 13.3 Å². The van der Waals surface area contributed by atoms with Crippen LogP contribution in [0.25, 0.3) is 0 Å². The Kier molecular flexibility index (Phi) is 6.42. The molecule has 1 rings (SSSR count). The predicted octanol–water partition coefficient (Wildman–Crippen LogP) is 2.64. The first-order valence-electron chi connectivity index (χ1n) is 5.80. The molecule has 0 saturated heterocycles. The van der Waals surface area contributed by atoms with Crippen LogP contribution in [0.1, 0.15) is 31.9 Å². The van der Waals surface area contributed by atoms with Crippen LogP contribution in [0.2, 0.25) is 0 Å². The number of halogens is 2. The van der Waals surface area contributed by atoms with E-state index in [0.29, 0.717) is 10.0 Å². The third-order valence-corrected chi connectivity index (χ3v) is 4.89. The molecule has 0 fully saturated rings. The molecule has 0 aliphatic rings. The lowest BCUT2D eigenvalue weighted by molar-refractivity contribution is 0.570. The molecule has 0 spiro atoms. The van der Waals surface area contributed by atoms with Gasteiger partial charge in [0.25, 0.3) is 0 Å². The van der Waals surface area contributed by atoms with Crippen molar-refractivity contribution >= 4 is 26.9 Å². The first-order chi connectivity index (χ1) is 8.47. The van der Waals surface area contributed by atoms with Crippen molar-refractivity contribution in [2.45, 2.75) is 31.6 Å². The molecular weight excluding hydrogens is 319 g/mol. The van der Waals surface area contributed by atoms with Crippen LogP contribution < -0.4 is 10.5 Å². The van der Waals surface area contributed by atoms with Gasteiger partial charge in [0.2, 0.25) is 0 Å². The van der Waals surface area contributed by atoms with Crippen LogP contribution in [0, 0.1) is 5.82 Å². The van der Waals surface area contributed by atoms with E-state index in [1.807, 2.05) is 13.8 Å². The molecule has 0 bridgehead atoms. The van der Waals surface area contributed by atoms with E-state index < -0.39 is 17.0 Å². The molecule has 0 saturated carbocycles. The molecule has 0 aliphatic carbocycles. The number of nitrogens with one attached hydrogen (secondary N) is 1. The highest BCUT2D eigenvalue weighted by atomic mass is 79.9. The molecule has 0 aromatic heterocycles. The summed E-state index contributed by atoms with van der Waals surface area (Å²) in [5.41, 5.74) is 6.31. The molecule has 1 aromatic carbocycles. The molecule has 3 atom stereocenters. The molecule has 1 unspecified atom stereocenters. The zero-order valence-corrected chi connectivity index (χ0v) is 12.9. The normalized spacial score (nSPS) is 16.3. The average Bonchev–Trinajstić information content (AvgIpc) is 2.37. The molecule has 0 amide bonds. The Hall–Kier alpha value is -0.300. The van der Waals surface area contributed by atoms with Gasteiger partial charge in [0.05, 0.1) is 15.5 Å². The van der Waals surface area contributed by atoms with Gasteiger partial charge < -0.3 is 5.73 Å². The van der Waals surface area contributed by atoms with Crippen LogP contribution in [-0.4, -0.2) is 16.0 Å². The molecule has 1 aromatic rings. The van der Waals surface area contributed by atoms with Crippen LogP contribution in [0.15, 0.2) is 22.7 Å². The van der Waals surface area contributed by atoms with E-state index in [4.69, 9.17) is 5.73 Å². The monoisotopic (exact) mass is 336 g/mol. The second-order valence-electron chi connectivity index (χ2n) is 4.11. The smallest absolute Gasteiger partial charge is 0.142 e. The minimum absolute atomic E-state index is 0.0598. The summed E-state index contributed by atoms with van der Waals surface area (Å²) in [6, 6.07) is 4.47. The summed E-state index contributed by atoms with van der Waals surface area (Å²) in [4.78, 5) is 0. The Labute approximate surface area is 118 Å². The fourth-order valence-corrected chi connectivity index (χ4v) is 2.69. The molecule has 18 heavy (non-hydrogen) atoms. The van der Waals surface area contributed by atoms with Crippen molar-refractivity contribution in [3.8, 4) is 0 Å². The highest BCUT2D eigenvalue weighted by Gasteiger charge is 2.15. The summed E-state index contributed by atoms with van der Waals surface area (Å²) < 4.78 is 28.7. The molecule has 0 radical (unpaired) electrons. The van der Waals surface area contributed by atoms with Gasteiger partial charge in [0, 0.05) is 23.4 Å². The maximum absolute atomic E-state index is 13.8. The van der Waals surface area contributed by atoms with Crippen molar-refractivity contribution in [1.29, 1.82) is 0 Å². The van der Waals surface area contributed by atoms with Crippen molar-refractivity contribution in [3.05, 3.63) is 34.1 Å². The number of hydrogen-bond donors (Lipinski definition) is 2. The first kappa shape index (κ1) is 15.8. The third kappa shape index (κ3) is 4.12. The molecule has 102 valence electrons. The largest absolute Gasteiger partial charge is 0.323 e. The predicted molar refractivity (Wildman–Crippen MR) is 76.9 cm³/mol. The van der Waals surface area contributed by atoms with Gasteiger partial charge in [0.15, 0.2) is 0 Å². The Morgan fingerprint density at radius 2 is 2.22 bits per heavy atom. The summed E-state index contributed by atoms with van der Waals surface area (Å²) in [6.07, 6.45) is 0.820. The van der Waals surface area contributed by atoms with Crippen LogP contribution >= 0.6 is 15.9 Å². The Morgan fingerprint density at radius 1 is 1.56 bits per heavy atom. The van der Waals surface area contributed by atoms with Crippen molar-refractivity contribution in [1.82, 2.24) is 4.72 Å². The molecule has 6 heteroatoms. The standard InChI is InChI=1S/C12H18BrFN2OS/c1-3-8(2)18(17)16-7-11(15)9-5-4-6-10(13)12(9)14/h4-6,8,11,16H,3,7,15H2,1-2H3/t8-,11+,18?/m0/s1. The zero-order valence-electron chi connectivity index (χ0n) is 10.5. The maximum Gasteiger partial charge on any atom is 0.142 e. The number of hydrogen-bond acceptors (Lipinski definition) is 2. The quantitative estimate of drug-likeness (QED) is 0.838. The minimum atomic E-state index is -1.14. The van der Waals surface area contributed by atoms with E-state index >= 15 is 0 Å². The molecule has 3 nitrogen and oxygen atoms in total. The molecule has 3 N–H and O–H groups in total. The van der Waals surface area contributed by atoms with E-state index in [-0.39, 0.29) is 17.6 Å². The number of benzene rings is 1. The zero-order chi connectivity index (χ0) is 13.7. The van der Waals surface area contributed by atoms with Gasteiger partial charge in [-0.05, 0) is 35.3 Å². The highest BCUT2D eigenvalue weighted by Crippen LogP contribution is 2.22. The SMILES string of the molecule is CC[C@H](C)S(=O)NC[C@@H](N)c1cccc(Br)c1F. The van der Waals surface area contributed by atoms with E-state index in [0.717, 1.165) is 6.42 Å². The van der Waals surface area contributed by atoms with Crippen molar-refractivity contribution in [2.24, 2.45) is 5.73 Å². The summed E-state index contributed by atoms with van der Waals surface area (Å²) in [5.74, 6) is -0.360. The number of nitrogens with two attached hydrogens (primary N) is 1. The van der Waals surface area contributed by atoms with Crippen molar-refractivity contribution in [3.63, 3.8) is 0 Å². The van der Waals surface area contributed by atoms with Gasteiger partial charge in [-0.1, -0.05) is 19.1 Å². The molecule has 0 aliphatic heterocycles. The van der Waals surface area contributed by atoms with Gasteiger partial charge in [-0.2, -0.15) is 0 Å². The topological polar surface area (TPSA) is 55.1 Å². The lowest BCUT2D eigenvalue weighted by Gasteiger charge is -2.16. The summed E-state index contributed by atoms with van der Waals surface area (Å²) in [6.45, 7) is 4.15. The second kappa shape index (κ2) is 7.33. The van der Waals surface area contributed by atoms with Crippen LogP contribution in [0.4, 0.5) is 4.39 Å². The summed E-state index contributed by atoms with van der Waals surface area (Å²) in [7, 11) is -1.14. The van der Waals surface area contributed by atoms with Crippen molar-refractivity contribution in [2.75, 3.05) is 6.54 Å². The lowest BCUT2D eigenvalue weighted by atomic mass is 10.1. The molecule has 0 heterocycles. The fraction of sp³-hybridized carbons (Fsp3) is 0.500. The third-order valence-electron chi connectivity index (χ3n) is 2.77. The van der Waals surface area contributed by atoms with E-state index in [9.17, 15) is 8.60 Å². The Morgan fingerprint density at radius 3 is 2.83 bits per heavy atom. The number of rotatable bonds is 6. The van der Waals surface area contributed by atoms with Gasteiger partial charge in [-0.15, -0.1) is 0 Å². The van der Waals surface area contributed by atoms with Crippen molar-refractivity contribution < 1.29 is 8.60 Å². The maximum atomic E-state index is 13.8. The van der Waals surface area contributed by atoms with Crippen LogP contribution in [0.5, 0.6) is 0 Å². The highest BCUT2D eigenvalue weighted by molar-refractivity contribution is 9.10. The van der Waals surface area contributed by atoms with E-state index in [1.165, 1.54) is 0 Å². The Bertz CT molecular complexity index is 431. The Balaban J connectivity index is 2.63. The second-order valence-corrected chi connectivity index (χ2v) is 6.66. The van der Waals surface area contributed by atoms with E-state index in [1.54, 1.807) is 18.2 Å². The summed E-state index contributed by atoms with van der Waals surface area (Å²) >= 11 is 3.12. The van der Waals surface area contributed by atoms with Gasteiger partial charge in [0.1, 0.15) is 5.82 Å². The van der Waals surface area contributed by atoms with Crippen LogP contribution in [-0.2, 0) is 11.0 Å².